The Hall–Kier alpha value is -2.37. The molecule has 120 valence electrons. The number of carbonyl (C=O) groups excluding carboxylic acids is 1. The Morgan fingerprint density at radius 1 is 1.09 bits per heavy atom. The molecule has 1 N–H and O–H groups in total. The fourth-order valence-corrected chi connectivity index (χ4v) is 2.92. The van der Waals surface area contributed by atoms with Gasteiger partial charge < -0.3 is 14.6 Å². The summed E-state index contributed by atoms with van der Waals surface area (Å²) in [6.45, 7) is 1.55. The summed E-state index contributed by atoms with van der Waals surface area (Å²) < 4.78 is 5.78. The molecule has 1 aromatic carbocycles. The van der Waals surface area contributed by atoms with Crippen molar-refractivity contribution in [1.29, 1.82) is 0 Å². The van der Waals surface area contributed by atoms with E-state index in [0.717, 1.165) is 44.3 Å². The van der Waals surface area contributed by atoms with E-state index >= 15 is 0 Å². The van der Waals surface area contributed by atoms with Crippen LogP contribution in [0, 0.1) is 5.92 Å². The van der Waals surface area contributed by atoms with Gasteiger partial charge in [0.2, 0.25) is 11.8 Å². The van der Waals surface area contributed by atoms with Crippen LogP contribution in [0.15, 0.2) is 34.7 Å². The van der Waals surface area contributed by atoms with Crippen LogP contribution in [-0.2, 0) is 4.79 Å². The highest BCUT2D eigenvalue weighted by atomic mass is 16.4. The Bertz CT molecular complexity index is 673. The predicted octanol–water partition coefficient (Wildman–Crippen LogP) is 2.23. The molecule has 0 spiro atoms. The van der Waals surface area contributed by atoms with Gasteiger partial charge in [-0.05, 0) is 37.8 Å². The highest BCUT2D eigenvalue weighted by Crippen LogP contribution is 2.27. The number of hydrogen-bond donors (Lipinski definition) is 1. The van der Waals surface area contributed by atoms with Crippen molar-refractivity contribution >= 4 is 11.9 Å². The van der Waals surface area contributed by atoms with E-state index < -0.39 is 0 Å². The zero-order valence-electron chi connectivity index (χ0n) is 12.9. The van der Waals surface area contributed by atoms with Crippen molar-refractivity contribution in [2.24, 2.45) is 5.92 Å². The fraction of sp³-hybridized carbons (Fsp3) is 0.471. The smallest absolute Gasteiger partial charge is 0.318 e. The summed E-state index contributed by atoms with van der Waals surface area (Å²) in [7, 11) is 0. The van der Waals surface area contributed by atoms with E-state index in [9.17, 15) is 4.79 Å². The van der Waals surface area contributed by atoms with Gasteiger partial charge in [0.1, 0.15) is 0 Å². The van der Waals surface area contributed by atoms with Crippen LogP contribution in [0.2, 0.25) is 0 Å². The first-order chi connectivity index (χ1) is 11.3. The maximum atomic E-state index is 12.1. The van der Waals surface area contributed by atoms with Crippen molar-refractivity contribution in [3.8, 4) is 11.5 Å². The standard InChI is InChI=1S/C17H20N4O2/c22-15(18-14-6-7-14)12-8-10-21(11-9-12)17-20-19-16(23-17)13-4-2-1-3-5-13/h1-5,12,14H,6-11H2,(H,18,22). The molecule has 0 unspecified atom stereocenters. The SMILES string of the molecule is O=C(NC1CC1)C1CCN(c2nnc(-c3ccccc3)o2)CC1. The first kappa shape index (κ1) is 14.2. The van der Waals surface area contributed by atoms with E-state index in [4.69, 9.17) is 4.42 Å². The fourth-order valence-electron chi connectivity index (χ4n) is 2.92. The van der Waals surface area contributed by atoms with E-state index in [0.29, 0.717) is 17.9 Å². The molecule has 1 amide bonds. The number of nitrogens with one attached hydrogen (secondary N) is 1. The van der Waals surface area contributed by atoms with Gasteiger partial charge in [0.15, 0.2) is 0 Å². The third kappa shape index (κ3) is 3.21. The lowest BCUT2D eigenvalue weighted by Gasteiger charge is -2.29. The van der Waals surface area contributed by atoms with E-state index in [-0.39, 0.29) is 11.8 Å². The van der Waals surface area contributed by atoms with Crippen molar-refractivity contribution in [2.75, 3.05) is 18.0 Å². The lowest BCUT2D eigenvalue weighted by atomic mass is 9.96. The summed E-state index contributed by atoms with van der Waals surface area (Å²) in [4.78, 5) is 14.2. The number of carbonyl (C=O) groups is 1. The molecular formula is C17H20N4O2. The Morgan fingerprint density at radius 3 is 2.52 bits per heavy atom. The van der Waals surface area contributed by atoms with E-state index in [1.807, 2.05) is 30.3 Å². The summed E-state index contributed by atoms with van der Waals surface area (Å²) in [6.07, 6.45) is 3.94. The lowest BCUT2D eigenvalue weighted by Crippen LogP contribution is -2.41. The van der Waals surface area contributed by atoms with Crippen LogP contribution < -0.4 is 10.2 Å². The van der Waals surface area contributed by atoms with Gasteiger partial charge in [0, 0.05) is 30.6 Å². The molecule has 1 saturated carbocycles. The molecule has 1 aromatic heterocycles. The van der Waals surface area contributed by atoms with Crippen LogP contribution in [0.4, 0.5) is 6.01 Å². The molecule has 1 aliphatic carbocycles. The summed E-state index contributed by atoms with van der Waals surface area (Å²) >= 11 is 0. The maximum absolute atomic E-state index is 12.1. The van der Waals surface area contributed by atoms with Crippen LogP contribution in [0.1, 0.15) is 25.7 Å². The number of piperidine rings is 1. The molecule has 1 saturated heterocycles. The number of rotatable bonds is 4. The highest BCUT2D eigenvalue weighted by molar-refractivity contribution is 5.79. The minimum Gasteiger partial charge on any atom is -0.403 e. The third-order valence-electron chi connectivity index (χ3n) is 4.50. The normalized spacial score (nSPS) is 18.9. The Kier molecular flexibility index (Phi) is 3.73. The van der Waals surface area contributed by atoms with Gasteiger partial charge in [0.25, 0.3) is 0 Å². The minimum atomic E-state index is 0.114. The number of benzene rings is 1. The van der Waals surface area contributed by atoms with Gasteiger partial charge in [-0.15, -0.1) is 5.10 Å². The van der Waals surface area contributed by atoms with Crippen molar-refractivity contribution in [1.82, 2.24) is 15.5 Å². The van der Waals surface area contributed by atoms with Gasteiger partial charge in [-0.2, -0.15) is 0 Å². The first-order valence-electron chi connectivity index (χ1n) is 8.24. The Balaban J connectivity index is 1.37. The van der Waals surface area contributed by atoms with Crippen molar-refractivity contribution in [3.05, 3.63) is 30.3 Å². The van der Waals surface area contributed by atoms with Crippen LogP contribution >= 0.6 is 0 Å². The van der Waals surface area contributed by atoms with Gasteiger partial charge in [-0.25, -0.2) is 0 Å². The second kappa shape index (κ2) is 6.02. The molecule has 6 heteroatoms. The summed E-state index contributed by atoms with van der Waals surface area (Å²) in [5.41, 5.74) is 0.921. The molecule has 4 rings (SSSR count). The maximum Gasteiger partial charge on any atom is 0.318 e. The molecule has 1 aliphatic heterocycles. The number of nitrogens with zero attached hydrogens (tertiary/aromatic N) is 3. The van der Waals surface area contributed by atoms with Crippen LogP contribution in [0.3, 0.4) is 0 Å². The van der Waals surface area contributed by atoms with Gasteiger partial charge in [0.05, 0.1) is 0 Å². The zero-order valence-corrected chi connectivity index (χ0v) is 12.9. The number of aromatic nitrogens is 2. The topological polar surface area (TPSA) is 71.3 Å². The second-order valence-electron chi connectivity index (χ2n) is 6.30. The largest absolute Gasteiger partial charge is 0.403 e. The predicted molar refractivity (Wildman–Crippen MR) is 85.8 cm³/mol. The zero-order chi connectivity index (χ0) is 15.6. The second-order valence-corrected chi connectivity index (χ2v) is 6.30. The quantitative estimate of drug-likeness (QED) is 0.937. The Morgan fingerprint density at radius 2 is 1.83 bits per heavy atom. The van der Waals surface area contributed by atoms with E-state index in [1.54, 1.807) is 0 Å². The average molecular weight is 312 g/mol. The number of anilines is 1. The number of hydrogen-bond acceptors (Lipinski definition) is 5. The van der Waals surface area contributed by atoms with Crippen LogP contribution in [-0.4, -0.2) is 35.2 Å². The van der Waals surface area contributed by atoms with Crippen molar-refractivity contribution in [2.45, 2.75) is 31.7 Å². The third-order valence-corrected chi connectivity index (χ3v) is 4.50. The minimum absolute atomic E-state index is 0.114. The van der Waals surface area contributed by atoms with Crippen molar-refractivity contribution in [3.63, 3.8) is 0 Å². The van der Waals surface area contributed by atoms with Gasteiger partial charge in [-0.1, -0.05) is 23.3 Å². The van der Waals surface area contributed by atoms with Crippen LogP contribution in [0.5, 0.6) is 0 Å². The monoisotopic (exact) mass is 312 g/mol. The highest BCUT2D eigenvalue weighted by Gasteiger charge is 2.31. The Labute approximate surface area is 134 Å². The molecule has 6 nitrogen and oxygen atoms in total. The molecule has 0 bridgehead atoms. The molecule has 2 aliphatic rings. The molecule has 0 radical (unpaired) electrons. The summed E-state index contributed by atoms with van der Waals surface area (Å²) in [6, 6.07) is 10.7. The molecule has 0 atom stereocenters. The summed E-state index contributed by atoms with van der Waals surface area (Å²) in [5.74, 6) is 0.861. The first-order valence-corrected chi connectivity index (χ1v) is 8.24. The lowest BCUT2D eigenvalue weighted by molar-refractivity contribution is -0.125. The average Bonchev–Trinajstić information content (AvgIpc) is 3.27. The van der Waals surface area contributed by atoms with Gasteiger partial charge in [-0.3, -0.25) is 4.79 Å². The molecule has 2 fully saturated rings. The molecule has 23 heavy (non-hydrogen) atoms. The molecule has 2 heterocycles. The van der Waals surface area contributed by atoms with Gasteiger partial charge >= 0.3 is 6.01 Å². The molecule has 2 aromatic rings. The molecular weight excluding hydrogens is 292 g/mol. The van der Waals surface area contributed by atoms with Crippen molar-refractivity contribution < 1.29 is 9.21 Å². The summed E-state index contributed by atoms with van der Waals surface area (Å²) in [5, 5.41) is 11.4. The van der Waals surface area contributed by atoms with Crippen LogP contribution in [0.25, 0.3) is 11.5 Å². The number of amides is 1. The van der Waals surface area contributed by atoms with E-state index in [2.05, 4.69) is 20.4 Å². The van der Waals surface area contributed by atoms with E-state index in [1.165, 1.54) is 0 Å².